The lowest BCUT2D eigenvalue weighted by Crippen LogP contribution is -2.32. The molecule has 2 unspecified atom stereocenters. The number of carbonyl (C=O) groups is 1. The summed E-state index contributed by atoms with van der Waals surface area (Å²) in [5.41, 5.74) is -2.40. The summed E-state index contributed by atoms with van der Waals surface area (Å²) in [6.07, 6.45) is 0.497. The predicted octanol–water partition coefficient (Wildman–Crippen LogP) is 0.699. The minimum Gasteiger partial charge on any atom is -0.253 e. The molecule has 0 aromatic heterocycles. The van der Waals surface area contributed by atoms with E-state index in [9.17, 15) is 22.1 Å². The molecule has 0 radical (unpaired) electrons. The molecule has 7 heteroatoms. The Kier molecular flexibility index (Phi) is 3.99. The molecule has 0 aliphatic rings. The number of sulfone groups is 1. The van der Waals surface area contributed by atoms with Gasteiger partial charge < -0.3 is 0 Å². The van der Waals surface area contributed by atoms with Gasteiger partial charge in [-0.2, -0.15) is 0 Å². The van der Waals surface area contributed by atoms with Crippen molar-refractivity contribution in [2.24, 2.45) is 0 Å². The number of hydrogen-bond donors (Lipinski definition) is 0. The molecule has 0 spiro atoms. The van der Waals surface area contributed by atoms with E-state index in [1.165, 1.54) is 0 Å². The van der Waals surface area contributed by atoms with Crippen LogP contribution < -0.4 is 0 Å². The molecule has 0 aromatic carbocycles. The molecular weight excluding hydrogens is 206 g/mol. The Morgan fingerprint density at radius 3 is 2.38 bits per heavy atom. The van der Waals surface area contributed by atoms with Gasteiger partial charge in [0.1, 0.15) is 0 Å². The van der Waals surface area contributed by atoms with Crippen molar-refractivity contribution in [3.8, 4) is 0 Å². The molecule has 0 aromatic rings. The summed E-state index contributed by atoms with van der Waals surface area (Å²) in [6.45, 7) is 3.72. The number of alkyl halides is 1. The number of hydrogen-bond acceptors (Lipinski definition) is 4. The highest BCUT2D eigenvalue weighted by Gasteiger charge is 2.36. The molecule has 0 N–H and O–H groups in total. The van der Waals surface area contributed by atoms with E-state index in [0.29, 0.717) is 6.08 Å². The van der Waals surface area contributed by atoms with Crippen LogP contribution in [0.4, 0.5) is 8.92 Å². The normalized spacial score (nSPS) is 15.9. The van der Waals surface area contributed by atoms with Crippen molar-refractivity contribution in [2.75, 3.05) is 0 Å². The summed E-state index contributed by atoms with van der Waals surface area (Å²) in [5, 5.41) is -1.88. The molecule has 0 amide bonds. The zero-order chi connectivity index (χ0) is 10.6. The van der Waals surface area contributed by atoms with Crippen molar-refractivity contribution in [1.29, 1.82) is 0 Å². The maximum absolute atomic E-state index is 12.6. The molecule has 0 rings (SSSR count). The Hall–Kier alpha value is -0.980. The van der Waals surface area contributed by atoms with Crippen LogP contribution in [0, 0.1) is 0 Å². The van der Waals surface area contributed by atoms with E-state index in [2.05, 4.69) is 11.5 Å². The van der Waals surface area contributed by atoms with E-state index in [0.717, 1.165) is 6.92 Å². The quantitative estimate of drug-likeness (QED) is 0.646. The van der Waals surface area contributed by atoms with Gasteiger partial charge in [0.2, 0.25) is 5.50 Å². The largest absolute Gasteiger partial charge is 0.366 e. The Labute approximate surface area is 74.0 Å². The molecule has 0 aliphatic heterocycles. The topological polar surface area (TPSA) is 60.4 Å². The fourth-order valence-corrected chi connectivity index (χ4v) is 1.49. The van der Waals surface area contributed by atoms with Crippen molar-refractivity contribution < 1.29 is 27.1 Å². The zero-order valence-corrected chi connectivity index (χ0v) is 7.55. The average molecular weight is 214 g/mol. The van der Waals surface area contributed by atoms with Gasteiger partial charge in [-0.25, -0.2) is 17.6 Å². The van der Waals surface area contributed by atoms with Crippen molar-refractivity contribution >= 4 is 15.8 Å². The lowest BCUT2D eigenvalue weighted by Gasteiger charge is -2.09. The third-order valence-corrected chi connectivity index (χ3v) is 3.40. The molecule has 0 saturated heterocycles. The lowest BCUT2D eigenvalue weighted by atomic mass is 10.5. The molecule has 0 saturated carbocycles. The predicted molar refractivity (Wildman–Crippen MR) is 40.7 cm³/mol. The number of carbonyl (C=O) groups excluding carboxylic acids is 1. The van der Waals surface area contributed by atoms with Gasteiger partial charge in [0.25, 0.3) is 0 Å². The summed E-state index contributed by atoms with van der Waals surface area (Å²) in [7, 11) is -4.40. The first kappa shape index (κ1) is 12.0. The molecular formula is C6H8F2O4S. The Morgan fingerprint density at radius 2 is 2.08 bits per heavy atom. The fourth-order valence-electron chi connectivity index (χ4n) is 0.526. The molecule has 0 aliphatic carbocycles. The molecule has 4 nitrogen and oxygen atoms in total. The van der Waals surface area contributed by atoms with Crippen LogP contribution in [-0.2, 0) is 19.6 Å². The van der Waals surface area contributed by atoms with Crippen LogP contribution in [0.15, 0.2) is 12.7 Å². The first-order valence-electron chi connectivity index (χ1n) is 3.19. The Morgan fingerprint density at radius 1 is 1.62 bits per heavy atom. The molecule has 0 heterocycles. The highest BCUT2D eigenvalue weighted by molar-refractivity contribution is 7.93. The third kappa shape index (κ3) is 2.48. The SMILES string of the molecule is C=CC(F)S(=O)(=O)C(C)C(=O)OF. The second-order valence-corrected chi connectivity index (χ2v) is 4.55. The first-order chi connectivity index (χ1) is 5.87. The van der Waals surface area contributed by atoms with Gasteiger partial charge in [-0.05, 0) is 13.0 Å². The molecule has 76 valence electrons. The van der Waals surface area contributed by atoms with Crippen LogP contribution >= 0.6 is 0 Å². The van der Waals surface area contributed by atoms with Crippen molar-refractivity contribution in [3.63, 3.8) is 0 Å². The van der Waals surface area contributed by atoms with Crippen LogP contribution in [0.2, 0.25) is 0 Å². The molecule has 2 atom stereocenters. The number of rotatable bonds is 4. The van der Waals surface area contributed by atoms with Gasteiger partial charge in [-0.3, -0.25) is 4.94 Å². The maximum atomic E-state index is 12.6. The van der Waals surface area contributed by atoms with Crippen LogP contribution in [0.1, 0.15) is 6.92 Å². The molecule has 0 fully saturated rings. The second kappa shape index (κ2) is 4.31. The zero-order valence-electron chi connectivity index (χ0n) is 6.74. The van der Waals surface area contributed by atoms with Crippen molar-refractivity contribution in [1.82, 2.24) is 0 Å². The Bertz CT molecular complexity index is 298. The van der Waals surface area contributed by atoms with Crippen molar-refractivity contribution in [2.45, 2.75) is 17.7 Å². The van der Waals surface area contributed by atoms with Crippen LogP contribution in [0.25, 0.3) is 0 Å². The molecule has 13 heavy (non-hydrogen) atoms. The summed E-state index contributed by atoms with van der Waals surface area (Å²) in [5.74, 6) is -1.65. The van der Waals surface area contributed by atoms with Gasteiger partial charge in [-0.15, -0.1) is 0 Å². The van der Waals surface area contributed by atoms with Gasteiger partial charge in [0.05, 0.1) is 0 Å². The highest BCUT2D eigenvalue weighted by Crippen LogP contribution is 2.13. The summed E-state index contributed by atoms with van der Waals surface area (Å²) < 4.78 is 45.8. The van der Waals surface area contributed by atoms with E-state index in [-0.39, 0.29) is 0 Å². The maximum Gasteiger partial charge on any atom is 0.366 e. The third-order valence-electron chi connectivity index (χ3n) is 1.40. The minimum absolute atomic E-state index is 0.497. The highest BCUT2D eigenvalue weighted by atomic mass is 32.2. The first-order valence-corrected chi connectivity index (χ1v) is 4.80. The monoisotopic (exact) mass is 214 g/mol. The van der Waals surface area contributed by atoms with E-state index in [4.69, 9.17) is 0 Å². The van der Waals surface area contributed by atoms with Crippen LogP contribution in [0.5, 0.6) is 0 Å². The van der Waals surface area contributed by atoms with Gasteiger partial charge in [-0.1, -0.05) is 6.58 Å². The average Bonchev–Trinajstić information content (AvgIpc) is 2.13. The summed E-state index contributed by atoms with van der Waals surface area (Å²) in [6, 6.07) is 0. The van der Waals surface area contributed by atoms with E-state index in [1.807, 2.05) is 0 Å². The van der Waals surface area contributed by atoms with Crippen molar-refractivity contribution in [3.05, 3.63) is 12.7 Å². The van der Waals surface area contributed by atoms with E-state index >= 15 is 0 Å². The standard InChI is InChI=1S/C6H8F2O4S/c1-3-5(7)13(10,11)4(2)6(9)12-8/h3-5H,1H2,2H3. The summed E-state index contributed by atoms with van der Waals surface area (Å²) in [4.78, 5) is 13.1. The van der Waals surface area contributed by atoms with E-state index in [1.54, 1.807) is 0 Å². The second-order valence-electron chi connectivity index (χ2n) is 2.21. The molecule has 0 bridgehead atoms. The minimum atomic E-state index is -4.40. The van der Waals surface area contributed by atoms with Crippen LogP contribution in [0.3, 0.4) is 0 Å². The van der Waals surface area contributed by atoms with Gasteiger partial charge in [0.15, 0.2) is 15.1 Å². The fraction of sp³-hybridized carbons (Fsp3) is 0.500. The van der Waals surface area contributed by atoms with Crippen LogP contribution in [-0.4, -0.2) is 25.1 Å². The number of halogens is 2. The summed E-state index contributed by atoms with van der Waals surface area (Å²) >= 11 is 0. The van der Waals surface area contributed by atoms with Gasteiger partial charge >= 0.3 is 5.97 Å². The lowest BCUT2D eigenvalue weighted by molar-refractivity contribution is -0.182. The smallest absolute Gasteiger partial charge is 0.253 e. The van der Waals surface area contributed by atoms with Gasteiger partial charge in [0, 0.05) is 4.53 Å². The van der Waals surface area contributed by atoms with E-state index < -0.39 is 26.6 Å². The Balaban J connectivity index is 4.85.